The molecule has 4 atom stereocenters. The van der Waals surface area contributed by atoms with E-state index in [0.29, 0.717) is 22.3 Å². The van der Waals surface area contributed by atoms with Crippen molar-refractivity contribution >= 4 is 16.8 Å². The molecule has 2 heterocycles. The number of methoxy groups -OCH3 is 1. The fourth-order valence-electron chi connectivity index (χ4n) is 3.66. The van der Waals surface area contributed by atoms with E-state index in [1.165, 1.54) is 20.1 Å². The number of hydrogen-bond acceptors (Lipinski definition) is 8. The SMILES string of the molecule is COc1cc(C)c2c(=O)cc(CC(C)=O)oc2c1C1CC(O)C(O)C(CO)O1. The van der Waals surface area contributed by atoms with E-state index in [0.717, 1.165) is 0 Å². The number of fused-ring (bicyclic) bond motifs is 1. The van der Waals surface area contributed by atoms with Crippen molar-refractivity contribution in [1.29, 1.82) is 0 Å². The Morgan fingerprint density at radius 1 is 1.32 bits per heavy atom. The van der Waals surface area contributed by atoms with Gasteiger partial charge in [-0.15, -0.1) is 0 Å². The van der Waals surface area contributed by atoms with Gasteiger partial charge in [-0.25, -0.2) is 0 Å². The van der Waals surface area contributed by atoms with Gasteiger partial charge >= 0.3 is 0 Å². The molecule has 0 aliphatic carbocycles. The van der Waals surface area contributed by atoms with Crippen LogP contribution in [-0.4, -0.2) is 53.1 Å². The standard InChI is InChI=1S/C20H24O8/c1-9-4-14(26-3)18(15-7-13(24)19(25)16(8-21)28-15)20-17(9)12(23)6-11(27-20)5-10(2)22/h4,6,13,15-16,19,21,24-25H,5,7-8H2,1-3H3. The monoisotopic (exact) mass is 392 g/mol. The molecule has 0 saturated carbocycles. The summed E-state index contributed by atoms with van der Waals surface area (Å²) in [4.78, 5) is 24.2. The van der Waals surface area contributed by atoms with Gasteiger partial charge in [-0.05, 0) is 25.5 Å². The van der Waals surface area contributed by atoms with Crippen molar-refractivity contribution < 1.29 is 34.0 Å². The van der Waals surface area contributed by atoms with Gasteiger partial charge in [-0.3, -0.25) is 9.59 Å². The minimum absolute atomic E-state index is 0.0207. The predicted octanol–water partition coefficient (Wildman–Crippen LogP) is 0.786. The highest BCUT2D eigenvalue weighted by Gasteiger charge is 2.39. The van der Waals surface area contributed by atoms with Crippen LogP contribution in [0.15, 0.2) is 21.3 Å². The van der Waals surface area contributed by atoms with Crippen molar-refractivity contribution in [1.82, 2.24) is 0 Å². The van der Waals surface area contributed by atoms with Crippen LogP contribution in [0.3, 0.4) is 0 Å². The molecule has 8 heteroatoms. The van der Waals surface area contributed by atoms with Gasteiger partial charge in [-0.2, -0.15) is 0 Å². The number of Topliss-reactive ketones (excluding diaryl/α,β-unsaturated/α-hetero) is 1. The Hall–Kier alpha value is -2.26. The number of aliphatic hydroxyl groups is 3. The number of ketones is 1. The summed E-state index contributed by atoms with van der Waals surface area (Å²) in [6.45, 7) is 2.66. The lowest BCUT2D eigenvalue weighted by atomic mass is 9.91. The van der Waals surface area contributed by atoms with E-state index in [1.54, 1.807) is 13.0 Å². The minimum Gasteiger partial charge on any atom is -0.496 e. The Morgan fingerprint density at radius 2 is 2.04 bits per heavy atom. The van der Waals surface area contributed by atoms with Gasteiger partial charge in [-0.1, -0.05) is 0 Å². The Bertz CT molecular complexity index is 947. The molecule has 28 heavy (non-hydrogen) atoms. The molecule has 1 aliphatic heterocycles. The molecular formula is C20H24O8. The van der Waals surface area contributed by atoms with Gasteiger partial charge in [0.2, 0.25) is 0 Å². The zero-order chi connectivity index (χ0) is 20.6. The number of carbonyl (C=O) groups is 1. The third-order valence-corrected chi connectivity index (χ3v) is 4.97. The van der Waals surface area contributed by atoms with Crippen LogP contribution in [0, 0.1) is 6.92 Å². The van der Waals surface area contributed by atoms with Crippen LogP contribution in [0.4, 0.5) is 0 Å². The Morgan fingerprint density at radius 3 is 2.64 bits per heavy atom. The highest BCUT2D eigenvalue weighted by atomic mass is 16.5. The first-order chi connectivity index (χ1) is 13.3. The fraction of sp³-hybridized carbons (Fsp3) is 0.500. The molecule has 1 saturated heterocycles. The summed E-state index contributed by atoms with van der Waals surface area (Å²) in [5.74, 6) is 0.448. The molecule has 0 bridgehead atoms. The zero-order valence-electron chi connectivity index (χ0n) is 16.0. The number of ether oxygens (including phenoxy) is 2. The Balaban J connectivity index is 2.24. The topological polar surface area (TPSA) is 126 Å². The number of carbonyl (C=O) groups excluding carboxylic acids is 1. The van der Waals surface area contributed by atoms with Crippen molar-refractivity contribution in [3.8, 4) is 5.75 Å². The maximum absolute atomic E-state index is 12.7. The van der Waals surface area contributed by atoms with E-state index in [9.17, 15) is 24.9 Å². The maximum Gasteiger partial charge on any atom is 0.193 e. The van der Waals surface area contributed by atoms with Gasteiger partial charge in [0, 0.05) is 12.5 Å². The molecule has 152 valence electrons. The van der Waals surface area contributed by atoms with E-state index >= 15 is 0 Å². The lowest BCUT2D eigenvalue weighted by Crippen LogP contribution is -2.47. The van der Waals surface area contributed by atoms with Crippen LogP contribution in [0.1, 0.15) is 36.3 Å². The van der Waals surface area contributed by atoms with E-state index in [1.807, 2.05) is 0 Å². The van der Waals surface area contributed by atoms with Crippen LogP contribution in [-0.2, 0) is 16.0 Å². The van der Waals surface area contributed by atoms with Gasteiger partial charge in [0.15, 0.2) is 5.43 Å². The van der Waals surface area contributed by atoms with Crippen LogP contribution >= 0.6 is 0 Å². The predicted molar refractivity (Wildman–Crippen MR) is 99.5 cm³/mol. The maximum atomic E-state index is 12.7. The van der Waals surface area contributed by atoms with Gasteiger partial charge in [0.05, 0.1) is 43.3 Å². The molecule has 2 aromatic rings. The first-order valence-electron chi connectivity index (χ1n) is 9.02. The number of aliphatic hydroxyl groups excluding tert-OH is 3. The number of aryl methyl sites for hydroxylation is 1. The van der Waals surface area contributed by atoms with Crippen LogP contribution in [0.2, 0.25) is 0 Å². The molecule has 1 aromatic carbocycles. The van der Waals surface area contributed by atoms with Crippen molar-refractivity contribution in [2.75, 3.05) is 13.7 Å². The quantitative estimate of drug-likeness (QED) is 0.682. The van der Waals surface area contributed by atoms with Gasteiger partial charge in [0.1, 0.15) is 35.1 Å². The van der Waals surface area contributed by atoms with E-state index < -0.39 is 31.0 Å². The second-order valence-corrected chi connectivity index (χ2v) is 7.11. The number of rotatable bonds is 5. The molecule has 4 unspecified atom stereocenters. The fourth-order valence-corrected chi connectivity index (χ4v) is 3.66. The van der Waals surface area contributed by atoms with Crippen molar-refractivity contribution in [2.24, 2.45) is 0 Å². The first kappa shape index (κ1) is 20.5. The normalized spacial score (nSPS) is 25.1. The van der Waals surface area contributed by atoms with Gasteiger partial charge in [0.25, 0.3) is 0 Å². The van der Waals surface area contributed by atoms with Crippen LogP contribution in [0.25, 0.3) is 11.0 Å². The molecule has 1 aromatic heterocycles. The minimum atomic E-state index is -1.23. The molecule has 3 N–H and O–H groups in total. The summed E-state index contributed by atoms with van der Waals surface area (Å²) in [6.07, 6.45) is -4.17. The zero-order valence-corrected chi connectivity index (χ0v) is 16.0. The van der Waals surface area contributed by atoms with Crippen molar-refractivity contribution in [2.45, 2.75) is 51.1 Å². The second kappa shape index (κ2) is 8.00. The average Bonchev–Trinajstić information content (AvgIpc) is 2.62. The third-order valence-electron chi connectivity index (χ3n) is 4.97. The molecule has 0 amide bonds. The smallest absolute Gasteiger partial charge is 0.193 e. The molecule has 1 aliphatic rings. The van der Waals surface area contributed by atoms with Crippen molar-refractivity contribution in [3.63, 3.8) is 0 Å². The lowest BCUT2D eigenvalue weighted by Gasteiger charge is -2.37. The highest BCUT2D eigenvalue weighted by molar-refractivity contribution is 5.86. The summed E-state index contributed by atoms with van der Waals surface area (Å²) >= 11 is 0. The number of hydrogen-bond donors (Lipinski definition) is 3. The van der Waals surface area contributed by atoms with E-state index in [4.69, 9.17) is 13.9 Å². The van der Waals surface area contributed by atoms with Crippen LogP contribution < -0.4 is 10.2 Å². The molecule has 8 nitrogen and oxygen atoms in total. The average molecular weight is 392 g/mol. The Labute approximate surface area is 161 Å². The first-order valence-corrected chi connectivity index (χ1v) is 9.02. The highest BCUT2D eigenvalue weighted by Crippen LogP contribution is 2.41. The van der Waals surface area contributed by atoms with E-state index in [-0.39, 0.29) is 35.4 Å². The summed E-state index contributed by atoms with van der Waals surface area (Å²) in [6, 6.07) is 2.97. The van der Waals surface area contributed by atoms with Gasteiger partial charge < -0.3 is 29.2 Å². The molecule has 0 spiro atoms. The summed E-state index contributed by atoms with van der Waals surface area (Å²) in [5.41, 5.74) is 0.948. The van der Waals surface area contributed by atoms with Crippen molar-refractivity contribution in [3.05, 3.63) is 39.2 Å². The molecule has 1 fully saturated rings. The second-order valence-electron chi connectivity index (χ2n) is 7.11. The molecule has 3 rings (SSSR count). The lowest BCUT2D eigenvalue weighted by molar-refractivity contribution is -0.181. The van der Waals surface area contributed by atoms with E-state index in [2.05, 4.69) is 0 Å². The molecule has 0 radical (unpaired) electrons. The largest absolute Gasteiger partial charge is 0.496 e. The summed E-state index contributed by atoms with van der Waals surface area (Å²) in [7, 11) is 1.46. The summed E-state index contributed by atoms with van der Waals surface area (Å²) < 4.78 is 17.2. The number of benzene rings is 1. The van der Waals surface area contributed by atoms with Crippen LogP contribution in [0.5, 0.6) is 5.75 Å². The Kier molecular flexibility index (Phi) is 5.85. The molecular weight excluding hydrogens is 368 g/mol. The third kappa shape index (κ3) is 3.68. The summed E-state index contributed by atoms with van der Waals surface area (Å²) in [5, 5.41) is 30.0.